The number of hydrazone groups is 1. The molecular weight excluding hydrogens is 389 g/mol. The van der Waals surface area contributed by atoms with Crippen LogP contribution < -0.4 is 15.5 Å². The molecule has 0 saturated carbocycles. The van der Waals surface area contributed by atoms with Crippen molar-refractivity contribution in [3.05, 3.63) is 57.6 Å². The second-order valence-corrected chi connectivity index (χ2v) is 6.49. The third-order valence-electron chi connectivity index (χ3n) is 3.44. The maximum atomic E-state index is 11.9. The number of halogens is 2. The molecule has 2 N–H and O–H groups in total. The molecule has 0 saturated heterocycles. The summed E-state index contributed by atoms with van der Waals surface area (Å²) in [6.07, 6.45) is 2.21. The molecule has 6 nitrogen and oxygen atoms in total. The molecule has 0 aromatic heterocycles. The van der Waals surface area contributed by atoms with Crippen LogP contribution in [-0.4, -0.2) is 24.6 Å². The summed E-state index contributed by atoms with van der Waals surface area (Å²) in [5, 5.41) is 7.24. The summed E-state index contributed by atoms with van der Waals surface area (Å²) in [4.78, 5) is 23.8. The van der Waals surface area contributed by atoms with Gasteiger partial charge >= 0.3 is 11.8 Å². The Morgan fingerprint density at radius 2 is 1.93 bits per heavy atom. The lowest BCUT2D eigenvalue weighted by Gasteiger charge is -2.08. The van der Waals surface area contributed by atoms with Crippen LogP contribution >= 0.6 is 23.2 Å². The smallest absolute Gasteiger partial charge is 0.329 e. The third kappa shape index (κ3) is 6.27. The Kier molecular flexibility index (Phi) is 7.64. The van der Waals surface area contributed by atoms with E-state index < -0.39 is 11.8 Å². The van der Waals surface area contributed by atoms with E-state index in [2.05, 4.69) is 15.8 Å². The van der Waals surface area contributed by atoms with Crippen molar-refractivity contribution in [1.82, 2.24) is 5.43 Å². The maximum Gasteiger partial charge on any atom is 0.329 e. The van der Waals surface area contributed by atoms with Crippen LogP contribution in [0.15, 0.2) is 41.5 Å². The first-order valence-corrected chi connectivity index (χ1v) is 8.99. The van der Waals surface area contributed by atoms with E-state index in [0.29, 0.717) is 33.7 Å². The molecule has 2 aromatic rings. The molecule has 0 fully saturated rings. The van der Waals surface area contributed by atoms with Crippen LogP contribution in [0.3, 0.4) is 0 Å². The topological polar surface area (TPSA) is 79.8 Å². The lowest BCUT2D eigenvalue weighted by Crippen LogP contribution is -2.32. The standard InChI is InChI=1S/C19H19Cl2N3O3/c1-3-8-27-17-7-5-14(20)9-13(17)11-22-24-19(26)18(25)23-15-6-4-12(2)16(21)10-15/h4-7,9-11H,3,8H2,1-2H3,(H,23,25)(H,24,26)/b22-11-. The van der Waals surface area contributed by atoms with E-state index in [1.807, 2.05) is 13.8 Å². The summed E-state index contributed by atoms with van der Waals surface area (Å²) >= 11 is 12.0. The number of benzene rings is 2. The van der Waals surface area contributed by atoms with Gasteiger partial charge in [0.25, 0.3) is 0 Å². The van der Waals surface area contributed by atoms with E-state index >= 15 is 0 Å². The van der Waals surface area contributed by atoms with Crippen LogP contribution in [0.5, 0.6) is 5.75 Å². The minimum Gasteiger partial charge on any atom is -0.493 e. The monoisotopic (exact) mass is 407 g/mol. The number of carbonyl (C=O) groups excluding carboxylic acids is 2. The van der Waals surface area contributed by atoms with Gasteiger partial charge < -0.3 is 10.1 Å². The first-order valence-electron chi connectivity index (χ1n) is 8.23. The van der Waals surface area contributed by atoms with Crippen molar-refractivity contribution in [2.45, 2.75) is 20.3 Å². The van der Waals surface area contributed by atoms with Crippen LogP contribution in [0.2, 0.25) is 10.0 Å². The molecule has 0 aliphatic carbocycles. The van der Waals surface area contributed by atoms with Gasteiger partial charge in [0.15, 0.2) is 0 Å². The summed E-state index contributed by atoms with van der Waals surface area (Å²) in [6, 6.07) is 10.0. The highest BCUT2D eigenvalue weighted by atomic mass is 35.5. The van der Waals surface area contributed by atoms with E-state index in [9.17, 15) is 9.59 Å². The summed E-state index contributed by atoms with van der Waals surface area (Å²) in [7, 11) is 0. The number of anilines is 1. The van der Waals surface area contributed by atoms with Crippen molar-refractivity contribution in [3.63, 3.8) is 0 Å². The Labute approximate surface area is 167 Å². The predicted octanol–water partition coefficient (Wildman–Crippen LogP) is 4.18. The second-order valence-electron chi connectivity index (χ2n) is 5.65. The van der Waals surface area contributed by atoms with Gasteiger partial charge in [-0.25, -0.2) is 5.43 Å². The lowest BCUT2D eigenvalue weighted by molar-refractivity contribution is -0.136. The first-order chi connectivity index (χ1) is 12.9. The Bertz CT molecular complexity index is 869. The van der Waals surface area contributed by atoms with Crippen molar-refractivity contribution < 1.29 is 14.3 Å². The molecule has 0 bridgehead atoms. The Hall–Kier alpha value is -2.57. The Morgan fingerprint density at radius 3 is 2.63 bits per heavy atom. The molecule has 2 rings (SSSR count). The zero-order valence-electron chi connectivity index (χ0n) is 14.9. The van der Waals surface area contributed by atoms with Crippen molar-refractivity contribution in [3.8, 4) is 5.75 Å². The van der Waals surface area contributed by atoms with Crippen LogP contribution in [-0.2, 0) is 9.59 Å². The molecule has 0 aliphatic heterocycles. The van der Waals surface area contributed by atoms with Gasteiger partial charge in [0.05, 0.1) is 12.8 Å². The van der Waals surface area contributed by atoms with Gasteiger partial charge in [-0.05, 0) is 49.2 Å². The van der Waals surface area contributed by atoms with Gasteiger partial charge in [-0.3, -0.25) is 9.59 Å². The molecule has 27 heavy (non-hydrogen) atoms. The molecule has 142 valence electrons. The van der Waals surface area contributed by atoms with Crippen LogP contribution in [0.25, 0.3) is 0 Å². The van der Waals surface area contributed by atoms with Crippen LogP contribution in [0.4, 0.5) is 5.69 Å². The fraction of sp³-hybridized carbons (Fsp3) is 0.211. The third-order valence-corrected chi connectivity index (χ3v) is 4.08. The van der Waals surface area contributed by atoms with Gasteiger partial charge in [0.2, 0.25) is 0 Å². The number of hydrogen-bond donors (Lipinski definition) is 2. The highest BCUT2D eigenvalue weighted by molar-refractivity contribution is 6.40. The molecule has 0 radical (unpaired) electrons. The number of nitrogens with zero attached hydrogens (tertiary/aromatic N) is 1. The SMILES string of the molecule is CCCOc1ccc(Cl)cc1/C=N\NC(=O)C(=O)Nc1ccc(C)c(Cl)c1. The average Bonchev–Trinajstić information content (AvgIpc) is 2.64. The lowest BCUT2D eigenvalue weighted by atomic mass is 10.2. The second kappa shape index (κ2) is 9.94. The van der Waals surface area contributed by atoms with Crippen LogP contribution in [0, 0.1) is 6.92 Å². The Balaban J connectivity index is 1.98. The van der Waals surface area contributed by atoms with Crippen molar-refractivity contribution >= 4 is 46.9 Å². The largest absolute Gasteiger partial charge is 0.493 e. The minimum absolute atomic E-state index is 0.417. The average molecular weight is 408 g/mol. The molecule has 0 spiro atoms. The molecule has 0 heterocycles. The number of rotatable bonds is 6. The van der Waals surface area contributed by atoms with Gasteiger partial charge in [-0.2, -0.15) is 5.10 Å². The first kappa shape index (κ1) is 20.7. The fourth-order valence-electron chi connectivity index (χ4n) is 2.03. The molecule has 2 amide bonds. The summed E-state index contributed by atoms with van der Waals surface area (Å²) < 4.78 is 5.59. The molecule has 0 unspecified atom stereocenters. The maximum absolute atomic E-state index is 11.9. The summed E-state index contributed by atoms with van der Waals surface area (Å²) in [5.41, 5.74) is 4.04. The van der Waals surface area contributed by atoms with E-state index in [4.69, 9.17) is 27.9 Å². The van der Waals surface area contributed by atoms with E-state index in [-0.39, 0.29) is 0 Å². The van der Waals surface area contributed by atoms with Gasteiger partial charge in [-0.15, -0.1) is 0 Å². The zero-order valence-corrected chi connectivity index (χ0v) is 16.4. The normalized spacial score (nSPS) is 10.7. The molecule has 0 aliphatic rings. The van der Waals surface area contributed by atoms with Crippen molar-refractivity contribution in [2.24, 2.45) is 5.10 Å². The van der Waals surface area contributed by atoms with Gasteiger partial charge in [0, 0.05) is 21.3 Å². The fourth-order valence-corrected chi connectivity index (χ4v) is 2.39. The number of ether oxygens (including phenoxy) is 1. The summed E-state index contributed by atoms with van der Waals surface area (Å²) in [5.74, 6) is -1.19. The number of amides is 2. The van der Waals surface area contributed by atoms with Gasteiger partial charge in [0.1, 0.15) is 5.75 Å². The molecular formula is C19H19Cl2N3O3. The van der Waals surface area contributed by atoms with Crippen molar-refractivity contribution in [1.29, 1.82) is 0 Å². The highest BCUT2D eigenvalue weighted by Crippen LogP contribution is 2.22. The molecule has 2 aromatic carbocycles. The summed E-state index contributed by atoms with van der Waals surface area (Å²) in [6.45, 7) is 4.36. The van der Waals surface area contributed by atoms with Crippen LogP contribution in [0.1, 0.15) is 24.5 Å². The van der Waals surface area contributed by atoms with E-state index in [0.717, 1.165) is 12.0 Å². The zero-order chi connectivity index (χ0) is 19.8. The highest BCUT2D eigenvalue weighted by Gasteiger charge is 2.13. The Morgan fingerprint density at radius 1 is 1.15 bits per heavy atom. The number of carbonyl (C=O) groups is 2. The number of aryl methyl sites for hydroxylation is 1. The van der Waals surface area contributed by atoms with E-state index in [1.165, 1.54) is 6.21 Å². The number of nitrogens with one attached hydrogen (secondary N) is 2. The molecule has 0 atom stereocenters. The number of hydrogen-bond acceptors (Lipinski definition) is 4. The van der Waals surface area contributed by atoms with Crippen molar-refractivity contribution in [2.75, 3.05) is 11.9 Å². The van der Waals surface area contributed by atoms with Gasteiger partial charge in [-0.1, -0.05) is 36.2 Å². The quantitative estimate of drug-likeness (QED) is 0.428. The van der Waals surface area contributed by atoms with E-state index in [1.54, 1.807) is 36.4 Å². The predicted molar refractivity (Wildman–Crippen MR) is 108 cm³/mol. The minimum atomic E-state index is -0.916. The molecule has 8 heteroatoms.